The molecule has 0 fully saturated rings. The molecule has 0 spiro atoms. The van der Waals surface area contributed by atoms with Gasteiger partial charge in [-0.15, -0.1) is 23.5 Å². The molecule has 3 nitrogen and oxygen atoms in total. The summed E-state index contributed by atoms with van der Waals surface area (Å²) >= 11 is 3.09. The lowest BCUT2D eigenvalue weighted by Gasteiger charge is -2.19. The summed E-state index contributed by atoms with van der Waals surface area (Å²) in [6.07, 6.45) is -0.533. The molecule has 1 aromatic heterocycles. The van der Waals surface area contributed by atoms with Crippen molar-refractivity contribution in [2.45, 2.75) is 49.1 Å². The fraction of sp³-hybridized carbons (Fsp3) is 0.250. The van der Waals surface area contributed by atoms with E-state index in [4.69, 9.17) is 4.98 Å². The van der Waals surface area contributed by atoms with Crippen LogP contribution in [-0.2, 0) is 5.41 Å². The Balaban J connectivity index is 1.54. The Hall–Kier alpha value is -3.04. The highest BCUT2D eigenvalue weighted by Gasteiger charge is 2.18. The number of benzene rings is 3. The summed E-state index contributed by atoms with van der Waals surface area (Å²) in [7, 11) is 0. The third-order valence-corrected chi connectivity index (χ3v) is 8.38. The van der Waals surface area contributed by atoms with Crippen molar-refractivity contribution in [3.8, 4) is 28.5 Å². The summed E-state index contributed by atoms with van der Waals surface area (Å²) in [6.45, 7) is 8.68. The molecule has 3 aromatic carbocycles. The minimum Gasteiger partial charge on any atom is -0.391 e. The van der Waals surface area contributed by atoms with Crippen LogP contribution in [0.3, 0.4) is 0 Å². The van der Waals surface area contributed by atoms with Crippen molar-refractivity contribution in [1.29, 1.82) is 5.26 Å². The van der Waals surface area contributed by atoms with Crippen LogP contribution in [0.15, 0.2) is 94.9 Å². The predicted molar refractivity (Wildman–Crippen MR) is 157 cm³/mol. The van der Waals surface area contributed by atoms with Crippen LogP contribution in [0.5, 0.6) is 0 Å². The summed E-state index contributed by atoms with van der Waals surface area (Å²) < 4.78 is 0. The number of aliphatic hydroxyl groups is 1. The van der Waals surface area contributed by atoms with Gasteiger partial charge in [0.05, 0.1) is 17.4 Å². The summed E-state index contributed by atoms with van der Waals surface area (Å²) in [4.78, 5) is 6.01. The molecule has 0 aliphatic carbocycles. The summed E-state index contributed by atoms with van der Waals surface area (Å²) in [5, 5.41) is 21.5. The van der Waals surface area contributed by atoms with E-state index < -0.39 is 6.10 Å². The molecule has 0 saturated heterocycles. The lowest BCUT2D eigenvalue weighted by molar-refractivity contribution is 0.225. The quantitative estimate of drug-likeness (QED) is 0.236. The highest BCUT2D eigenvalue weighted by molar-refractivity contribution is 8.00. The second kappa shape index (κ2) is 12.0. The molecule has 0 bridgehead atoms. The van der Waals surface area contributed by atoms with Gasteiger partial charge in [0.1, 0.15) is 11.1 Å². The number of nitriles is 1. The monoisotopic (exact) mass is 524 g/mol. The Morgan fingerprint density at radius 2 is 1.51 bits per heavy atom. The Morgan fingerprint density at radius 1 is 0.865 bits per heavy atom. The standard InChI is InChI=1S/C32H32N2OS2/c1-22-10-12-24(13-11-22)30-18-28(23-8-6-5-7-9-23)29(19-33)31(34-30)37-21-26(35)20-36-27-16-14-25(15-17-27)32(2,3)4/h5-18,26,35H,20-21H2,1-4H3. The second-order valence-corrected chi connectivity index (χ2v) is 12.2. The van der Waals surface area contributed by atoms with E-state index in [2.05, 4.69) is 82.3 Å². The topological polar surface area (TPSA) is 56.9 Å². The third kappa shape index (κ3) is 7.05. The van der Waals surface area contributed by atoms with Gasteiger partial charge in [-0.1, -0.05) is 93.1 Å². The van der Waals surface area contributed by atoms with Crippen molar-refractivity contribution in [1.82, 2.24) is 4.98 Å². The number of hydrogen-bond acceptors (Lipinski definition) is 5. The number of pyridine rings is 1. The maximum Gasteiger partial charge on any atom is 0.115 e. The summed E-state index contributed by atoms with van der Waals surface area (Å²) in [6, 6.07) is 31.1. The minimum absolute atomic E-state index is 0.122. The average Bonchev–Trinajstić information content (AvgIpc) is 2.90. The largest absolute Gasteiger partial charge is 0.391 e. The van der Waals surface area contributed by atoms with Gasteiger partial charge in [-0.2, -0.15) is 5.26 Å². The molecule has 1 unspecified atom stereocenters. The van der Waals surface area contributed by atoms with Crippen LogP contribution in [0.25, 0.3) is 22.4 Å². The van der Waals surface area contributed by atoms with Crippen molar-refractivity contribution >= 4 is 23.5 Å². The van der Waals surface area contributed by atoms with Crippen molar-refractivity contribution in [3.05, 3.63) is 102 Å². The van der Waals surface area contributed by atoms with Gasteiger partial charge in [0.15, 0.2) is 0 Å². The molecule has 1 heterocycles. The molecular weight excluding hydrogens is 492 g/mol. The Labute approximate surface area is 229 Å². The molecule has 0 aliphatic heterocycles. The number of aromatic nitrogens is 1. The Bertz CT molecular complexity index is 1370. The van der Waals surface area contributed by atoms with Crippen LogP contribution < -0.4 is 0 Å². The van der Waals surface area contributed by atoms with E-state index >= 15 is 0 Å². The Morgan fingerprint density at radius 3 is 2.14 bits per heavy atom. The lowest BCUT2D eigenvalue weighted by Crippen LogP contribution is -2.13. The average molecular weight is 525 g/mol. The van der Waals surface area contributed by atoms with Gasteiger partial charge in [0.2, 0.25) is 0 Å². The van der Waals surface area contributed by atoms with E-state index in [1.54, 1.807) is 11.8 Å². The molecule has 4 aromatic rings. The van der Waals surface area contributed by atoms with Crippen molar-refractivity contribution < 1.29 is 5.11 Å². The number of aliphatic hydroxyl groups excluding tert-OH is 1. The first-order valence-corrected chi connectivity index (χ1v) is 14.3. The van der Waals surface area contributed by atoms with Gasteiger partial charge < -0.3 is 5.11 Å². The van der Waals surface area contributed by atoms with Crippen molar-refractivity contribution in [2.24, 2.45) is 0 Å². The first-order chi connectivity index (χ1) is 17.7. The lowest BCUT2D eigenvalue weighted by atomic mass is 9.87. The Kier molecular flexibility index (Phi) is 8.76. The predicted octanol–water partition coefficient (Wildman–Crippen LogP) is 8.14. The van der Waals surface area contributed by atoms with E-state index in [-0.39, 0.29) is 5.41 Å². The van der Waals surface area contributed by atoms with Crippen LogP contribution in [-0.4, -0.2) is 27.7 Å². The van der Waals surface area contributed by atoms with Crippen LogP contribution in [0.4, 0.5) is 0 Å². The second-order valence-electron chi connectivity index (χ2n) is 10.1. The fourth-order valence-corrected chi connectivity index (χ4v) is 5.83. The summed E-state index contributed by atoms with van der Waals surface area (Å²) in [5.41, 5.74) is 6.81. The number of aryl methyl sites for hydroxylation is 1. The van der Waals surface area contributed by atoms with Crippen LogP contribution in [0.2, 0.25) is 0 Å². The molecule has 0 saturated carbocycles. The van der Waals surface area contributed by atoms with Crippen LogP contribution in [0, 0.1) is 18.3 Å². The van der Waals surface area contributed by atoms with Gasteiger partial charge in [-0.05, 0) is 41.7 Å². The molecule has 0 aliphatic rings. The van der Waals surface area contributed by atoms with Crippen LogP contribution in [0.1, 0.15) is 37.5 Å². The van der Waals surface area contributed by atoms with Gasteiger partial charge in [-0.3, -0.25) is 0 Å². The smallest absolute Gasteiger partial charge is 0.115 e. The summed E-state index contributed by atoms with van der Waals surface area (Å²) in [5.74, 6) is 1.04. The van der Waals surface area contributed by atoms with Gasteiger partial charge in [0, 0.05) is 27.5 Å². The number of nitrogens with zero attached hydrogens (tertiary/aromatic N) is 2. The normalized spacial score (nSPS) is 12.2. The van der Waals surface area contributed by atoms with E-state index in [0.717, 1.165) is 27.3 Å². The molecule has 5 heteroatoms. The van der Waals surface area contributed by atoms with Gasteiger partial charge >= 0.3 is 0 Å². The van der Waals surface area contributed by atoms with Crippen molar-refractivity contribution in [2.75, 3.05) is 11.5 Å². The van der Waals surface area contributed by atoms with E-state index in [0.29, 0.717) is 22.1 Å². The molecule has 4 rings (SSSR count). The molecule has 1 atom stereocenters. The molecule has 1 N–H and O–H groups in total. The molecule has 0 radical (unpaired) electrons. The number of thioether (sulfide) groups is 2. The minimum atomic E-state index is -0.533. The number of hydrogen-bond donors (Lipinski definition) is 1. The number of rotatable bonds is 8. The third-order valence-electron chi connectivity index (χ3n) is 6.11. The highest BCUT2D eigenvalue weighted by Crippen LogP contribution is 2.35. The van der Waals surface area contributed by atoms with E-state index in [1.165, 1.54) is 22.9 Å². The fourth-order valence-electron chi connectivity index (χ4n) is 3.92. The van der Waals surface area contributed by atoms with E-state index in [9.17, 15) is 10.4 Å². The maximum absolute atomic E-state index is 10.8. The SMILES string of the molecule is Cc1ccc(-c2cc(-c3ccccc3)c(C#N)c(SCC(O)CSc3ccc(C(C)(C)C)cc3)n2)cc1. The first-order valence-electron chi connectivity index (χ1n) is 12.4. The van der Waals surface area contributed by atoms with Crippen molar-refractivity contribution in [3.63, 3.8) is 0 Å². The van der Waals surface area contributed by atoms with Gasteiger partial charge in [-0.25, -0.2) is 4.98 Å². The highest BCUT2D eigenvalue weighted by atomic mass is 32.2. The maximum atomic E-state index is 10.8. The van der Waals surface area contributed by atoms with E-state index in [1.807, 2.05) is 36.4 Å². The zero-order valence-corrected chi connectivity index (χ0v) is 23.4. The molecule has 37 heavy (non-hydrogen) atoms. The molecular formula is C32H32N2OS2. The molecule has 188 valence electrons. The van der Waals surface area contributed by atoms with Crippen LogP contribution >= 0.6 is 23.5 Å². The molecule has 0 amide bonds. The zero-order valence-electron chi connectivity index (χ0n) is 21.7. The van der Waals surface area contributed by atoms with Gasteiger partial charge in [0.25, 0.3) is 0 Å². The zero-order chi connectivity index (χ0) is 26.4. The first kappa shape index (κ1) is 27.0.